The number of hydrogen-bond donors (Lipinski definition) is 2. The number of methoxy groups -OCH3 is 1. The maximum Gasteiger partial charge on any atom is 0.361 e. The van der Waals surface area contributed by atoms with Crippen LogP contribution in [0.3, 0.4) is 0 Å². The van der Waals surface area contributed by atoms with Gasteiger partial charge in [0.2, 0.25) is 0 Å². The number of nitrogens with zero attached hydrogens (tertiary/aromatic N) is 4. The number of aryl methyl sites for hydroxylation is 2. The highest BCUT2D eigenvalue weighted by Crippen LogP contribution is 2.21. The summed E-state index contributed by atoms with van der Waals surface area (Å²) in [7, 11) is 5.36. The monoisotopic (exact) mass is 377 g/mol. The Bertz CT molecular complexity index is 1020. The molecule has 10 heteroatoms. The van der Waals surface area contributed by atoms with Crippen molar-refractivity contribution in [3.05, 3.63) is 34.9 Å². The van der Waals surface area contributed by atoms with Gasteiger partial charge in [0.05, 0.1) is 21.2 Å². The van der Waals surface area contributed by atoms with Crippen molar-refractivity contribution in [2.45, 2.75) is 6.61 Å². The van der Waals surface area contributed by atoms with E-state index in [2.05, 4.69) is 9.97 Å². The van der Waals surface area contributed by atoms with Crippen LogP contribution in [0.5, 0.6) is 5.75 Å². The molecule has 0 amide bonds. The second-order valence-corrected chi connectivity index (χ2v) is 5.96. The molecule has 0 radical (unpaired) electrons. The number of fused-ring (bicyclic) bond motifs is 1. The van der Waals surface area contributed by atoms with E-state index in [-0.39, 0.29) is 29.1 Å². The Morgan fingerprint density at radius 3 is 2.73 bits per heavy atom. The molecular formula is C16H18ClN6O3+. The fourth-order valence-electron chi connectivity index (χ4n) is 2.67. The van der Waals surface area contributed by atoms with Crippen LogP contribution in [0.1, 0.15) is 16.3 Å². The first-order chi connectivity index (χ1) is 12.3. The highest BCUT2D eigenvalue weighted by Gasteiger charge is 2.24. The summed E-state index contributed by atoms with van der Waals surface area (Å²) in [5.41, 5.74) is 12.9. The first-order valence-corrected chi connectivity index (χ1v) is 7.98. The number of esters is 1. The minimum atomic E-state index is -0.736. The van der Waals surface area contributed by atoms with E-state index >= 15 is 0 Å². The average molecular weight is 378 g/mol. The molecule has 9 nitrogen and oxygen atoms in total. The summed E-state index contributed by atoms with van der Waals surface area (Å²) in [6.45, 7) is 0.00590. The Hall–Kier alpha value is -3.07. The van der Waals surface area contributed by atoms with Crippen molar-refractivity contribution in [2.75, 3.05) is 18.6 Å². The second kappa shape index (κ2) is 6.68. The predicted octanol–water partition coefficient (Wildman–Crippen LogP) is 0.976. The number of nitrogen functional groups attached to an aromatic ring is 2. The summed E-state index contributed by atoms with van der Waals surface area (Å²) in [5.74, 6) is 0.578. The number of imidazole rings is 1. The standard InChI is InChI=1S/C16H17ClN6O3/c1-22-9-5-4-8(25-3)6-10(9)23(2)11(22)7-26-16(24)12-14(18)21-15(19)13(17)20-12/h4-6H,7H2,1-3H3,(H3-,18,19,21,24)/p+1. The molecule has 0 fully saturated rings. The number of ether oxygens (including phenoxy) is 2. The summed E-state index contributed by atoms with van der Waals surface area (Å²) in [6.07, 6.45) is 0. The number of benzene rings is 1. The van der Waals surface area contributed by atoms with E-state index in [9.17, 15) is 4.79 Å². The van der Waals surface area contributed by atoms with Gasteiger partial charge in [-0.3, -0.25) is 0 Å². The number of anilines is 2. The zero-order chi connectivity index (χ0) is 19.0. The molecule has 0 atom stereocenters. The zero-order valence-corrected chi connectivity index (χ0v) is 15.2. The summed E-state index contributed by atoms with van der Waals surface area (Å²) in [6, 6.07) is 5.71. The van der Waals surface area contributed by atoms with Gasteiger partial charge in [0, 0.05) is 6.07 Å². The third-order valence-electron chi connectivity index (χ3n) is 4.11. The van der Waals surface area contributed by atoms with Crippen molar-refractivity contribution in [3.63, 3.8) is 0 Å². The molecule has 3 aromatic rings. The van der Waals surface area contributed by atoms with Gasteiger partial charge in [-0.05, 0) is 12.1 Å². The van der Waals surface area contributed by atoms with Crippen LogP contribution in [-0.4, -0.2) is 27.6 Å². The second-order valence-electron chi connectivity index (χ2n) is 5.60. The van der Waals surface area contributed by atoms with Gasteiger partial charge in [-0.15, -0.1) is 0 Å². The fourth-order valence-corrected chi connectivity index (χ4v) is 2.80. The van der Waals surface area contributed by atoms with Crippen LogP contribution in [-0.2, 0) is 25.4 Å². The van der Waals surface area contributed by atoms with E-state index in [1.165, 1.54) is 0 Å². The van der Waals surface area contributed by atoms with Crippen molar-refractivity contribution in [1.82, 2.24) is 14.5 Å². The zero-order valence-electron chi connectivity index (χ0n) is 14.5. The molecule has 0 saturated heterocycles. The largest absolute Gasteiger partial charge is 0.497 e. The van der Waals surface area contributed by atoms with Gasteiger partial charge < -0.3 is 20.9 Å². The van der Waals surface area contributed by atoms with Crippen molar-refractivity contribution in [3.8, 4) is 5.75 Å². The summed E-state index contributed by atoms with van der Waals surface area (Å²) in [5, 5.41) is -0.103. The molecule has 0 saturated carbocycles. The van der Waals surface area contributed by atoms with Gasteiger partial charge in [-0.1, -0.05) is 11.6 Å². The Morgan fingerprint density at radius 1 is 1.31 bits per heavy atom. The number of rotatable bonds is 4. The normalized spacial score (nSPS) is 10.9. The minimum absolute atomic E-state index is 0.00590. The van der Waals surface area contributed by atoms with E-state index in [0.29, 0.717) is 0 Å². The van der Waals surface area contributed by atoms with Crippen molar-refractivity contribution >= 4 is 40.2 Å². The topological polar surface area (TPSA) is 122 Å². The first-order valence-electron chi connectivity index (χ1n) is 7.60. The predicted molar refractivity (Wildman–Crippen MR) is 95.6 cm³/mol. The van der Waals surface area contributed by atoms with Gasteiger partial charge in [0.1, 0.15) is 5.75 Å². The Balaban J connectivity index is 1.88. The lowest BCUT2D eigenvalue weighted by atomic mass is 10.3. The van der Waals surface area contributed by atoms with Gasteiger partial charge >= 0.3 is 5.97 Å². The Labute approximate surface area is 154 Å². The highest BCUT2D eigenvalue weighted by atomic mass is 35.5. The number of halogens is 1. The van der Waals surface area contributed by atoms with E-state index in [4.69, 9.17) is 32.5 Å². The smallest absolute Gasteiger partial charge is 0.361 e. The van der Waals surface area contributed by atoms with Crippen LogP contribution >= 0.6 is 11.6 Å². The lowest BCUT2D eigenvalue weighted by Gasteiger charge is -2.06. The van der Waals surface area contributed by atoms with Crippen LogP contribution in [0.2, 0.25) is 5.15 Å². The fraction of sp³-hybridized carbons (Fsp3) is 0.250. The molecule has 26 heavy (non-hydrogen) atoms. The molecular weight excluding hydrogens is 360 g/mol. The molecule has 0 bridgehead atoms. The van der Waals surface area contributed by atoms with E-state index in [0.717, 1.165) is 22.6 Å². The highest BCUT2D eigenvalue weighted by molar-refractivity contribution is 6.31. The van der Waals surface area contributed by atoms with Gasteiger partial charge in [0.15, 0.2) is 40.1 Å². The summed E-state index contributed by atoms with van der Waals surface area (Å²) in [4.78, 5) is 19.9. The van der Waals surface area contributed by atoms with Crippen molar-refractivity contribution < 1.29 is 18.8 Å². The van der Waals surface area contributed by atoms with E-state index < -0.39 is 5.97 Å². The van der Waals surface area contributed by atoms with Gasteiger partial charge in [0.25, 0.3) is 5.82 Å². The first kappa shape index (κ1) is 17.7. The molecule has 0 aliphatic rings. The Morgan fingerprint density at radius 2 is 2.04 bits per heavy atom. The molecule has 0 aliphatic carbocycles. The van der Waals surface area contributed by atoms with Crippen LogP contribution in [0.25, 0.3) is 11.0 Å². The lowest BCUT2D eigenvalue weighted by molar-refractivity contribution is -0.655. The number of carbonyl (C=O) groups excluding carboxylic acids is 1. The number of carbonyl (C=O) groups is 1. The summed E-state index contributed by atoms with van der Waals surface area (Å²) < 4.78 is 14.4. The molecule has 3 rings (SSSR count). The Kier molecular flexibility index (Phi) is 4.56. The van der Waals surface area contributed by atoms with E-state index in [1.54, 1.807) is 7.11 Å². The third-order valence-corrected chi connectivity index (χ3v) is 4.39. The molecule has 0 spiro atoms. The lowest BCUT2D eigenvalue weighted by Crippen LogP contribution is -2.33. The van der Waals surface area contributed by atoms with E-state index in [1.807, 2.05) is 41.4 Å². The van der Waals surface area contributed by atoms with Gasteiger partial charge in [-0.2, -0.15) is 0 Å². The molecule has 1 aromatic carbocycles. The molecule has 0 aliphatic heterocycles. The minimum Gasteiger partial charge on any atom is -0.497 e. The number of nitrogens with two attached hydrogens (primary N) is 2. The van der Waals surface area contributed by atoms with Crippen molar-refractivity contribution in [2.24, 2.45) is 14.1 Å². The van der Waals surface area contributed by atoms with Crippen LogP contribution < -0.4 is 20.8 Å². The average Bonchev–Trinajstić information content (AvgIpc) is 2.86. The number of hydrogen-bond acceptors (Lipinski definition) is 7. The quantitative estimate of drug-likeness (QED) is 0.513. The van der Waals surface area contributed by atoms with Crippen LogP contribution in [0, 0.1) is 0 Å². The van der Waals surface area contributed by atoms with Gasteiger partial charge in [-0.25, -0.2) is 23.9 Å². The summed E-state index contributed by atoms with van der Waals surface area (Å²) >= 11 is 5.80. The molecule has 2 heterocycles. The number of aromatic nitrogens is 4. The van der Waals surface area contributed by atoms with Crippen LogP contribution in [0.4, 0.5) is 11.6 Å². The molecule has 136 valence electrons. The molecule has 4 N–H and O–H groups in total. The maximum absolute atomic E-state index is 12.3. The SMILES string of the molecule is COc1ccc2c(c1)n(C)c(COC(=O)c1nc(Cl)c(N)nc1N)[n+]2C. The maximum atomic E-state index is 12.3. The van der Waals surface area contributed by atoms with Crippen molar-refractivity contribution in [1.29, 1.82) is 0 Å². The third kappa shape index (κ3) is 2.97. The molecule has 0 unspecified atom stereocenters. The molecule has 2 aromatic heterocycles. The van der Waals surface area contributed by atoms with Crippen LogP contribution in [0.15, 0.2) is 18.2 Å².